The molecule has 1 unspecified atom stereocenters. The van der Waals surface area contributed by atoms with Crippen LogP contribution < -0.4 is 9.44 Å². The number of hydrogen-bond acceptors (Lipinski definition) is 8. The molecule has 6 rings (SSSR count). The van der Waals surface area contributed by atoms with Crippen LogP contribution in [0, 0.1) is 11.8 Å². The fourth-order valence-electron chi connectivity index (χ4n) is 7.65. The molecule has 0 aliphatic carbocycles. The van der Waals surface area contributed by atoms with Gasteiger partial charge in [-0.05, 0) is 65.3 Å². The topological polar surface area (TPSA) is 174 Å². The van der Waals surface area contributed by atoms with E-state index < -0.39 is 32.1 Å². The van der Waals surface area contributed by atoms with Crippen molar-refractivity contribution in [3.8, 4) is 22.4 Å². The van der Waals surface area contributed by atoms with Gasteiger partial charge in [0.15, 0.2) is 0 Å². The van der Waals surface area contributed by atoms with E-state index in [9.17, 15) is 26.4 Å². The largest absolute Gasteiger partial charge is 0.340 e. The van der Waals surface area contributed by atoms with Gasteiger partial charge >= 0.3 is 0 Å². The van der Waals surface area contributed by atoms with Gasteiger partial charge in [0.1, 0.15) is 17.9 Å². The normalized spacial score (nSPS) is 20.4. The molecule has 0 saturated carbocycles. The minimum atomic E-state index is -3.56. The smallest absolute Gasteiger partial charge is 0.241 e. The van der Waals surface area contributed by atoms with Gasteiger partial charge in [0.25, 0.3) is 0 Å². The highest BCUT2D eigenvalue weighted by molar-refractivity contribution is 7.89. The molecule has 2 saturated heterocycles. The van der Waals surface area contributed by atoms with Crippen molar-refractivity contribution in [1.29, 1.82) is 0 Å². The Bertz CT molecular complexity index is 2140. The molecule has 2 aromatic carbocycles. The van der Waals surface area contributed by atoms with Crippen LogP contribution >= 0.6 is 0 Å². The van der Waals surface area contributed by atoms with Crippen LogP contribution in [0.4, 0.5) is 0 Å². The molecule has 3 aliphatic rings. The number of H-pyrrole nitrogens is 1. The van der Waals surface area contributed by atoms with Crippen molar-refractivity contribution in [2.75, 3.05) is 25.6 Å². The van der Waals surface area contributed by atoms with Gasteiger partial charge in [-0.3, -0.25) is 14.6 Å². The van der Waals surface area contributed by atoms with Crippen LogP contribution in [0.3, 0.4) is 0 Å². The molecule has 2 fully saturated rings. The molecule has 4 heterocycles. The molecule has 0 spiro atoms. The van der Waals surface area contributed by atoms with Gasteiger partial charge in [-0.25, -0.2) is 31.3 Å². The quantitative estimate of drug-likeness (QED) is 0.225. The first-order valence-electron chi connectivity index (χ1n) is 18.6. The third-order valence-corrected chi connectivity index (χ3v) is 11.8. The van der Waals surface area contributed by atoms with Crippen molar-refractivity contribution in [1.82, 2.24) is 29.2 Å². The Morgan fingerprint density at radius 3 is 1.69 bits per heavy atom. The van der Waals surface area contributed by atoms with Crippen LogP contribution in [0.2, 0.25) is 0 Å². The monoisotopic (exact) mass is 777 g/mol. The summed E-state index contributed by atoms with van der Waals surface area (Å²) in [7, 11) is -7.10. The summed E-state index contributed by atoms with van der Waals surface area (Å²) in [6, 6.07) is 14.5. The molecule has 3 aromatic rings. The van der Waals surface area contributed by atoms with Gasteiger partial charge in [0.05, 0.1) is 36.5 Å². The lowest BCUT2D eigenvalue weighted by Crippen LogP contribution is -2.53. The number of carbonyl (C=O) groups excluding carboxylic acids is 2. The minimum Gasteiger partial charge on any atom is -0.340 e. The highest BCUT2D eigenvalue weighted by Gasteiger charge is 2.39. The van der Waals surface area contributed by atoms with Crippen molar-refractivity contribution in [2.45, 2.75) is 84.0 Å². The number of aromatic amines is 1. The van der Waals surface area contributed by atoms with Gasteiger partial charge in [-0.1, -0.05) is 76.2 Å². The summed E-state index contributed by atoms with van der Waals surface area (Å²) >= 11 is 0. The average molecular weight is 778 g/mol. The Hall–Kier alpha value is -4.18. The molecule has 15 heteroatoms. The van der Waals surface area contributed by atoms with E-state index in [2.05, 4.69) is 55.8 Å². The van der Waals surface area contributed by atoms with Gasteiger partial charge in [-0.15, -0.1) is 0 Å². The summed E-state index contributed by atoms with van der Waals surface area (Å²) in [5.74, 6) is -0.155. The highest BCUT2D eigenvalue weighted by atomic mass is 32.2. The minimum absolute atomic E-state index is 0.154. The Balaban J connectivity index is 1.08. The van der Waals surface area contributed by atoms with E-state index in [0.717, 1.165) is 77.4 Å². The zero-order valence-electron chi connectivity index (χ0n) is 31.7. The third-order valence-electron chi connectivity index (χ3n) is 10.5. The fraction of sp³-hybridized carbons (Fsp3) is 0.487. The number of likely N-dealkylation sites (tertiary alicyclic amines) is 2. The second kappa shape index (κ2) is 15.9. The van der Waals surface area contributed by atoms with Crippen LogP contribution in [-0.2, 0) is 29.6 Å². The number of aliphatic imine (C=N–C) groups is 1. The summed E-state index contributed by atoms with van der Waals surface area (Å²) in [4.78, 5) is 43.3. The molecule has 3 N–H and O–H groups in total. The molecule has 2 amide bonds. The summed E-state index contributed by atoms with van der Waals surface area (Å²) in [6.07, 6.45) is 9.62. The summed E-state index contributed by atoms with van der Waals surface area (Å²) in [5.41, 5.74) is 6.95. The van der Waals surface area contributed by atoms with Crippen molar-refractivity contribution in [3.63, 3.8) is 0 Å². The van der Waals surface area contributed by atoms with E-state index >= 15 is 0 Å². The third kappa shape index (κ3) is 9.02. The zero-order valence-corrected chi connectivity index (χ0v) is 33.4. The van der Waals surface area contributed by atoms with E-state index in [1.165, 1.54) is 0 Å². The van der Waals surface area contributed by atoms with Gasteiger partial charge < -0.3 is 14.8 Å². The van der Waals surface area contributed by atoms with Crippen molar-refractivity contribution < 1.29 is 26.4 Å². The Morgan fingerprint density at radius 1 is 0.722 bits per heavy atom. The van der Waals surface area contributed by atoms with E-state index in [-0.39, 0.29) is 35.7 Å². The molecule has 54 heavy (non-hydrogen) atoms. The first-order chi connectivity index (χ1) is 25.5. The number of rotatable bonds is 13. The molecular formula is C39H51N7O6S2. The van der Waals surface area contributed by atoms with Gasteiger partial charge in [0.2, 0.25) is 31.9 Å². The van der Waals surface area contributed by atoms with Crippen LogP contribution in [-0.4, -0.2) is 97.9 Å². The van der Waals surface area contributed by atoms with E-state index in [0.29, 0.717) is 25.3 Å². The van der Waals surface area contributed by atoms with Crippen molar-refractivity contribution >= 4 is 43.1 Å². The van der Waals surface area contributed by atoms with E-state index in [1.54, 1.807) is 16.0 Å². The van der Waals surface area contributed by atoms with Crippen LogP contribution in [0.15, 0.2) is 65.9 Å². The van der Waals surface area contributed by atoms with Crippen LogP contribution in [0.25, 0.3) is 28.0 Å². The second-order valence-electron chi connectivity index (χ2n) is 15.4. The number of nitrogens with zero attached hydrogens (tertiary/aromatic N) is 4. The van der Waals surface area contributed by atoms with Gasteiger partial charge in [0, 0.05) is 31.4 Å². The van der Waals surface area contributed by atoms with E-state index in [1.807, 2.05) is 46.0 Å². The first kappa shape index (κ1) is 39.5. The standard InChI is InChI=1S/C39H51N7O6S2/c1-24(2)35(43-53(5,49)50)38(47)45-19-7-9-33(45)31-21-30(22-40-31)28-13-11-26(12-14-28)27-15-17-29(18-16-27)32-23-41-37(42-32)34-10-8-20-46(34)39(48)36(25(3)4)44-54(6,51)52/h11-18,22-25,33-36,43-44H,7-10,19-21H2,1-6H3,(H,41,42)/t33-,34?,35-,36-/m0/s1. The van der Waals surface area contributed by atoms with Gasteiger partial charge in [-0.2, -0.15) is 0 Å². The maximum atomic E-state index is 13.5. The molecule has 1 aromatic heterocycles. The maximum Gasteiger partial charge on any atom is 0.241 e. The zero-order chi connectivity index (χ0) is 38.9. The summed E-state index contributed by atoms with van der Waals surface area (Å²) in [5, 5.41) is 0. The number of aromatic nitrogens is 2. The average Bonchev–Trinajstić information content (AvgIpc) is 3.95. The molecular weight excluding hydrogens is 727 g/mol. The number of imidazole rings is 1. The molecule has 4 atom stereocenters. The van der Waals surface area contributed by atoms with Crippen molar-refractivity contribution in [2.24, 2.45) is 16.8 Å². The number of benzene rings is 2. The number of hydrogen-bond donors (Lipinski definition) is 3. The molecule has 290 valence electrons. The van der Waals surface area contributed by atoms with Crippen LogP contribution in [0.5, 0.6) is 0 Å². The lowest BCUT2D eigenvalue weighted by atomic mass is 9.96. The Morgan fingerprint density at radius 2 is 1.19 bits per heavy atom. The SMILES string of the molecule is CC(C)[C@H](NS(C)(=O)=O)C(=O)N1CCCC1c1ncc(-c2ccc(-c3ccc(C4=CN=C([C@@H]5CCCN5C(=O)[C@@H](NS(C)(=O)=O)C(C)C)C4)cc3)cc2)[nH]1. The Kier molecular flexibility index (Phi) is 11.6. The number of nitrogens with one attached hydrogen (secondary N) is 3. The summed E-state index contributed by atoms with van der Waals surface area (Å²) in [6.45, 7) is 8.47. The number of amides is 2. The van der Waals surface area contributed by atoms with E-state index in [4.69, 9.17) is 4.99 Å². The molecule has 0 radical (unpaired) electrons. The fourth-order valence-corrected chi connectivity index (χ4v) is 9.32. The number of allylic oxidation sites excluding steroid dienone is 1. The lowest BCUT2D eigenvalue weighted by Gasteiger charge is -2.31. The second-order valence-corrected chi connectivity index (χ2v) is 19.0. The molecule has 0 bridgehead atoms. The van der Waals surface area contributed by atoms with Crippen LogP contribution in [0.1, 0.15) is 77.2 Å². The summed E-state index contributed by atoms with van der Waals surface area (Å²) < 4.78 is 52.9. The number of sulfonamides is 2. The number of carbonyl (C=O) groups is 2. The molecule has 13 nitrogen and oxygen atoms in total. The predicted octanol–water partition coefficient (Wildman–Crippen LogP) is 4.73. The molecule has 3 aliphatic heterocycles. The maximum absolute atomic E-state index is 13.5. The first-order valence-corrected chi connectivity index (χ1v) is 22.3. The lowest BCUT2D eigenvalue weighted by molar-refractivity contribution is -0.135. The Labute approximate surface area is 318 Å². The van der Waals surface area contributed by atoms with Crippen molar-refractivity contribution in [3.05, 3.63) is 72.3 Å². The predicted molar refractivity (Wildman–Crippen MR) is 211 cm³/mol. The highest BCUT2D eigenvalue weighted by Crippen LogP contribution is 2.34.